The first-order valence-electron chi connectivity index (χ1n) is 6.20. The summed E-state index contributed by atoms with van der Waals surface area (Å²) in [7, 11) is 0. The van der Waals surface area contributed by atoms with Crippen molar-refractivity contribution >= 4 is 23.0 Å². The van der Waals surface area contributed by atoms with Crippen molar-refractivity contribution in [3.8, 4) is 11.5 Å². The van der Waals surface area contributed by atoms with Crippen molar-refractivity contribution in [2.24, 2.45) is 0 Å². The van der Waals surface area contributed by atoms with Crippen LogP contribution in [0.15, 0.2) is 36.4 Å². The van der Waals surface area contributed by atoms with Gasteiger partial charge >= 0.3 is 0 Å². The smallest absolute Gasteiger partial charge is 0.296 e. The van der Waals surface area contributed by atoms with Crippen LogP contribution in [0.5, 0.6) is 11.5 Å². The predicted molar refractivity (Wildman–Crippen MR) is 78.0 cm³/mol. The van der Waals surface area contributed by atoms with E-state index in [0.29, 0.717) is 28.8 Å². The molecule has 0 saturated carbocycles. The number of nitrogens with zero attached hydrogens (tertiary/aromatic N) is 1. The number of halogens is 1. The zero-order chi connectivity index (χ0) is 14.8. The van der Waals surface area contributed by atoms with Gasteiger partial charge in [-0.1, -0.05) is 23.7 Å². The Hall–Kier alpha value is -2.47. The first-order chi connectivity index (χ1) is 10.1. The number of hydrogen-bond acceptors (Lipinski definition) is 5. The molecule has 0 fully saturated rings. The van der Waals surface area contributed by atoms with Crippen LogP contribution in [0.1, 0.15) is 5.56 Å². The Balaban J connectivity index is 1.86. The van der Waals surface area contributed by atoms with E-state index in [2.05, 4.69) is 5.32 Å². The van der Waals surface area contributed by atoms with Gasteiger partial charge in [-0.3, -0.25) is 10.1 Å². The summed E-state index contributed by atoms with van der Waals surface area (Å²) in [6.07, 6.45) is 0. The molecule has 0 amide bonds. The molecule has 0 aliphatic carbocycles. The van der Waals surface area contributed by atoms with Crippen molar-refractivity contribution in [3.05, 3.63) is 57.1 Å². The van der Waals surface area contributed by atoms with Gasteiger partial charge in [0, 0.05) is 17.6 Å². The molecule has 1 N–H and O–H groups in total. The van der Waals surface area contributed by atoms with E-state index >= 15 is 0 Å². The molecule has 1 aliphatic heterocycles. The normalized spacial score (nSPS) is 12.2. The minimum Gasteiger partial charge on any atom is -0.454 e. The molecule has 0 bridgehead atoms. The van der Waals surface area contributed by atoms with Gasteiger partial charge < -0.3 is 14.8 Å². The second-order valence-electron chi connectivity index (χ2n) is 4.46. The maximum absolute atomic E-state index is 11.1. The molecule has 7 heteroatoms. The second kappa shape index (κ2) is 5.49. The Morgan fingerprint density at radius 1 is 1.24 bits per heavy atom. The molecule has 1 aliphatic rings. The number of nitro groups is 1. The average molecular weight is 307 g/mol. The standard InChI is InChI=1S/C14H11ClN2O4/c15-10-3-1-2-9(4-10)7-16-11-5-13-14(21-8-20-13)6-12(11)17(18)19/h1-6,16H,7-8H2. The van der Waals surface area contributed by atoms with Crippen LogP contribution in [0, 0.1) is 10.1 Å². The summed E-state index contributed by atoms with van der Waals surface area (Å²) in [5.41, 5.74) is 1.25. The summed E-state index contributed by atoms with van der Waals surface area (Å²) < 4.78 is 10.4. The Kier molecular flexibility index (Phi) is 3.53. The number of benzene rings is 2. The minimum absolute atomic E-state index is 0.0544. The molecule has 3 rings (SSSR count). The van der Waals surface area contributed by atoms with Gasteiger partial charge in [-0.05, 0) is 17.7 Å². The van der Waals surface area contributed by atoms with Crippen LogP contribution in [0.2, 0.25) is 5.02 Å². The Morgan fingerprint density at radius 2 is 2.00 bits per heavy atom. The van der Waals surface area contributed by atoms with Gasteiger partial charge in [0.25, 0.3) is 5.69 Å². The number of anilines is 1. The molecule has 2 aromatic rings. The monoisotopic (exact) mass is 306 g/mol. The molecule has 21 heavy (non-hydrogen) atoms. The highest BCUT2D eigenvalue weighted by molar-refractivity contribution is 6.30. The first kappa shape index (κ1) is 13.5. The van der Waals surface area contributed by atoms with Gasteiger partial charge in [0.15, 0.2) is 11.5 Å². The van der Waals surface area contributed by atoms with E-state index in [1.165, 1.54) is 6.07 Å². The number of rotatable bonds is 4. The van der Waals surface area contributed by atoms with Crippen LogP contribution in [-0.2, 0) is 6.54 Å². The van der Waals surface area contributed by atoms with Crippen LogP contribution in [0.4, 0.5) is 11.4 Å². The van der Waals surface area contributed by atoms with E-state index < -0.39 is 4.92 Å². The Morgan fingerprint density at radius 3 is 2.71 bits per heavy atom. The highest BCUT2D eigenvalue weighted by Gasteiger charge is 2.23. The summed E-state index contributed by atoms with van der Waals surface area (Å²) >= 11 is 5.91. The molecule has 0 aromatic heterocycles. The van der Waals surface area contributed by atoms with Gasteiger partial charge in [-0.15, -0.1) is 0 Å². The van der Waals surface area contributed by atoms with Crippen LogP contribution >= 0.6 is 11.6 Å². The summed E-state index contributed by atoms with van der Waals surface area (Å²) in [4.78, 5) is 10.7. The van der Waals surface area contributed by atoms with E-state index in [1.54, 1.807) is 18.2 Å². The average Bonchev–Trinajstić information content (AvgIpc) is 2.91. The third kappa shape index (κ3) is 2.85. The van der Waals surface area contributed by atoms with E-state index in [4.69, 9.17) is 21.1 Å². The third-order valence-electron chi connectivity index (χ3n) is 3.06. The van der Waals surface area contributed by atoms with Crippen LogP contribution < -0.4 is 14.8 Å². The van der Waals surface area contributed by atoms with Crippen molar-refractivity contribution in [1.82, 2.24) is 0 Å². The maximum atomic E-state index is 11.1. The van der Waals surface area contributed by atoms with Gasteiger partial charge in [0.05, 0.1) is 11.0 Å². The van der Waals surface area contributed by atoms with Gasteiger partial charge in [0.1, 0.15) is 5.69 Å². The molecule has 0 spiro atoms. The fourth-order valence-corrected chi connectivity index (χ4v) is 2.28. The highest BCUT2D eigenvalue weighted by atomic mass is 35.5. The van der Waals surface area contributed by atoms with E-state index in [-0.39, 0.29) is 12.5 Å². The van der Waals surface area contributed by atoms with Crippen molar-refractivity contribution in [3.63, 3.8) is 0 Å². The lowest BCUT2D eigenvalue weighted by atomic mass is 10.2. The largest absolute Gasteiger partial charge is 0.454 e. The first-order valence-corrected chi connectivity index (χ1v) is 6.57. The molecular weight excluding hydrogens is 296 g/mol. The van der Waals surface area contributed by atoms with Crippen molar-refractivity contribution in [1.29, 1.82) is 0 Å². The molecule has 2 aromatic carbocycles. The molecule has 0 unspecified atom stereocenters. The fourth-order valence-electron chi connectivity index (χ4n) is 2.07. The van der Waals surface area contributed by atoms with Crippen molar-refractivity contribution in [2.45, 2.75) is 6.54 Å². The summed E-state index contributed by atoms with van der Waals surface area (Å²) in [5, 5.41) is 14.8. The summed E-state index contributed by atoms with van der Waals surface area (Å²) in [6.45, 7) is 0.491. The molecule has 0 saturated heterocycles. The predicted octanol–water partition coefficient (Wildman–Crippen LogP) is 3.59. The van der Waals surface area contributed by atoms with Crippen LogP contribution in [0.3, 0.4) is 0 Å². The molecule has 108 valence electrons. The molecule has 0 radical (unpaired) electrons. The summed E-state index contributed by atoms with van der Waals surface area (Å²) in [6, 6.07) is 10.2. The third-order valence-corrected chi connectivity index (χ3v) is 3.29. The lowest BCUT2D eigenvalue weighted by Gasteiger charge is -2.08. The van der Waals surface area contributed by atoms with Gasteiger partial charge in [0.2, 0.25) is 6.79 Å². The minimum atomic E-state index is -0.456. The lowest BCUT2D eigenvalue weighted by Crippen LogP contribution is -2.02. The number of ether oxygens (including phenoxy) is 2. The van der Waals surface area contributed by atoms with Gasteiger partial charge in [-0.2, -0.15) is 0 Å². The van der Waals surface area contributed by atoms with Crippen molar-refractivity contribution in [2.75, 3.05) is 12.1 Å². The zero-order valence-corrected chi connectivity index (χ0v) is 11.6. The molecule has 1 heterocycles. The number of hydrogen-bond donors (Lipinski definition) is 1. The highest BCUT2D eigenvalue weighted by Crippen LogP contribution is 2.40. The Bertz CT molecular complexity index is 705. The summed E-state index contributed by atoms with van der Waals surface area (Å²) in [5.74, 6) is 0.879. The van der Waals surface area contributed by atoms with E-state index in [1.807, 2.05) is 12.1 Å². The lowest BCUT2D eigenvalue weighted by molar-refractivity contribution is -0.384. The number of fused-ring (bicyclic) bond motifs is 1. The van der Waals surface area contributed by atoms with Crippen LogP contribution in [-0.4, -0.2) is 11.7 Å². The van der Waals surface area contributed by atoms with Crippen LogP contribution in [0.25, 0.3) is 0 Å². The number of nitrogens with one attached hydrogen (secondary N) is 1. The maximum Gasteiger partial charge on any atom is 0.296 e. The van der Waals surface area contributed by atoms with Crippen molar-refractivity contribution < 1.29 is 14.4 Å². The quantitative estimate of drug-likeness (QED) is 0.690. The second-order valence-corrected chi connectivity index (χ2v) is 4.90. The Labute approximate surface area is 125 Å². The SMILES string of the molecule is O=[N+]([O-])c1cc2c(cc1NCc1cccc(Cl)c1)OCO2. The van der Waals surface area contributed by atoms with E-state index in [0.717, 1.165) is 5.56 Å². The molecular formula is C14H11ClN2O4. The van der Waals surface area contributed by atoms with Gasteiger partial charge in [-0.25, -0.2) is 0 Å². The molecule has 6 nitrogen and oxygen atoms in total. The fraction of sp³-hybridized carbons (Fsp3) is 0.143. The van der Waals surface area contributed by atoms with E-state index in [9.17, 15) is 10.1 Å². The topological polar surface area (TPSA) is 73.6 Å². The molecule has 0 atom stereocenters. The number of nitro benzene ring substituents is 1. The zero-order valence-electron chi connectivity index (χ0n) is 10.8.